The van der Waals surface area contributed by atoms with Crippen molar-refractivity contribution in [2.75, 3.05) is 19.6 Å². The lowest BCUT2D eigenvalue weighted by atomic mass is 9.78. The van der Waals surface area contributed by atoms with Crippen molar-refractivity contribution >= 4 is 11.9 Å². The lowest BCUT2D eigenvalue weighted by Crippen LogP contribution is -2.55. The van der Waals surface area contributed by atoms with Gasteiger partial charge in [-0.25, -0.2) is 0 Å². The van der Waals surface area contributed by atoms with E-state index in [1.807, 2.05) is 4.90 Å². The Balaban J connectivity index is 1.70. The molecule has 5 heteroatoms. The van der Waals surface area contributed by atoms with Gasteiger partial charge in [-0.2, -0.15) is 0 Å². The predicted octanol–water partition coefficient (Wildman–Crippen LogP) is 1.58. The van der Waals surface area contributed by atoms with E-state index in [2.05, 4.69) is 19.2 Å². The molecule has 2 N–H and O–H groups in total. The van der Waals surface area contributed by atoms with Gasteiger partial charge in [0.1, 0.15) is 0 Å². The molecule has 1 aliphatic heterocycles. The van der Waals surface area contributed by atoms with E-state index >= 15 is 0 Å². The third-order valence-electron chi connectivity index (χ3n) is 5.50. The van der Waals surface area contributed by atoms with Gasteiger partial charge in [0, 0.05) is 19.1 Å². The van der Waals surface area contributed by atoms with Gasteiger partial charge in [0.2, 0.25) is 5.91 Å². The zero-order chi connectivity index (χ0) is 15.6. The first kappa shape index (κ1) is 16.3. The number of aliphatic carboxylic acids is 1. The second kappa shape index (κ2) is 6.77. The minimum absolute atomic E-state index is 0.0855. The minimum atomic E-state index is -0.742. The Kier molecular flexibility index (Phi) is 5.25. The lowest BCUT2D eigenvalue weighted by Gasteiger charge is -2.41. The van der Waals surface area contributed by atoms with Gasteiger partial charge in [0.15, 0.2) is 0 Å². The Hall–Kier alpha value is -1.10. The van der Waals surface area contributed by atoms with Crippen molar-refractivity contribution < 1.29 is 14.7 Å². The van der Waals surface area contributed by atoms with Crippen molar-refractivity contribution in [3.63, 3.8) is 0 Å². The smallest absolute Gasteiger partial charge is 0.306 e. The van der Waals surface area contributed by atoms with E-state index in [4.69, 9.17) is 5.11 Å². The molecule has 120 valence electrons. The molecule has 4 atom stereocenters. The molecule has 0 aromatic carbocycles. The van der Waals surface area contributed by atoms with Crippen molar-refractivity contribution in [3.05, 3.63) is 0 Å². The summed E-state index contributed by atoms with van der Waals surface area (Å²) in [5.74, 6) is 0.427. The van der Waals surface area contributed by atoms with E-state index in [1.54, 1.807) is 6.92 Å². The molecule has 2 aliphatic rings. The fraction of sp³-hybridized carbons (Fsp3) is 0.875. The molecule has 1 saturated heterocycles. The number of rotatable bonds is 5. The van der Waals surface area contributed by atoms with Gasteiger partial charge in [-0.15, -0.1) is 0 Å². The Morgan fingerprint density at radius 1 is 1.29 bits per heavy atom. The van der Waals surface area contributed by atoms with Crippen molar-refractivity contribution in [1.82, 2.24) is 10.2 Å². The minimum Gasteiger partial charge on any atom is -0.481 e. The first-order chi connectivity index (χ1) is 9.88. The van der Waals surface area contributed by atoms with Crippen LogP contribution in [0.25, 0.3) is 0 Å². The number of nitrogens with zero attached hydrogens (tertiary/aromatic N) is 1. The van der Waals surface area contributed by atoms with Crippen molar-refractivity contribution in [1.29, 1.82) is 0 Å². The third kappa shape index (κ3) is 3.96. The van der Waals surface area contributed by atoms with E-state index in [0.29, 0.717) is 24.4 Å². The molecule has 0 aromatic heterocycles. The Labute approximate surface area is 127 Å². The summed E-state index contributed by atoms with van der Waals surface area (Å²) in [6, 6.07) is 0.302. The van der Waals surface area contributed by atoms with Gasteiger partial charge in [0.05, 0.1) is 12.5 Å². The van der Waals surface area contributed by atoms with Crippen molar-refractivity contribution in [2.45, 2.75) is 46.1 Å². The molecule has 0 bridgehead atoms. The number of nitrogens with one attached hydrogen (secondary N) is 1. The fourth-order valence-corrected chi connectivity index (χ4v) is 3.50. The molecule has 0 spiro atoms. The summed E-state index contributed by atoms with van der Waals surface area (Å²) in [5, 5.41) is 12.1. The van der Waals surface area contributed by atoms with Crippen LogP contribution in [0.15, 0.2) is 0 Å². The normalized spacial score (nSPS) is 32.2. The van der Waals surface area contributed by atoms with E-state index in [0.717, 1.165) is 19.5 Å². The quantitative estimate of drug-likeness (QED) is 0.808. The number of amides is 1. The van der Waals surface area contributed by atoms with Crippen molar-refractivity contribution in [2.24, 2.45) is 23.7 Å². The summed E-state index contributed by atoms with van der Waals surface area (Å²) in [6.07, 6.45) is 3.53. The topological polar surface area (TPSA) is 69.6 Å². The molecule has 1 amide bonds. The SMILES string of the molecule is CC1CCCC(NC(=O)CN2CC(C(C)C(=O)O)C2)C1C. The summed E-state index contributed by atoms with van der Waals surface area (Å²) in [5.41, 5.74) is 0. The summed E-state index contributed by atoms with van der Waals surface area (Å²) in [4.78, 5) is 25.0. The maximum atomic E-state index is 12.1. The van der Waals surface area contributed by atoms with Crippen LogP contribution >= 0.6 is 0 Å². The summed E-state index contributed by atoms with van der Waals surface area (Å²) >= 11 is 0. The number of likely N-dealkylation sites (tertiary alicyclic amines) is 1. The van der Waals surface area contributed by atoms with Crippen LogP contribution in [0.2, 0.25) is 0 Å². The van der Waals surface area contributed by atoms with E-state index in [-0.39, 0.29) is 17.7 Å². The Morgan fingerprint density at radius 3 is 2.57 bits per heavy atom. The van der Waals surface area contributed by atoms with Crippen LogP contribution in [0.5, 0.6) is 0 Å². The predicted molar refractivity (Wildman–Crippen MR) is 80.8 cm³/mol. The molecule has 1 saturated carbocycles. The Morgan fingerprint density at radius 2 is 1.95 bits per heavy atom. The maximum Gasteiger partial charge on any atom is 0.306 e. The van der Waals surface area contributed by atoms with Gasteiger partial charge in [-0.05, 0) is 24.2 Å². The molecular weight excluding hydrogens is 268 g/mol. The maximum absolute atomic E-state index is 12.1. The van der Waals surface area contributed by atoms with Gasteiger partial charge in [-0.3, -0.25) is 14.5 Å². The average Bonchev–Trinajstić information content (AvgIpc) is 2.38. The van der Waals surface area contributed by atoms with Crippen LogP contribution in [0, 0.1) is 23.7 Å². The van der Waals surface area contributed by atoms with E-state index in [1.165, 1.54) is 12.8 Å². The molecule has 2 rings (SSSR count). The van der Waals surface area contributed by atoms with Gasteiger partial charge >= 0.3 is 5.97 Å². The monoisotopic (exact) mass is 296 g/mol. The highest BCUT2D eigenvalue weighted by atomic mass is 16.4. The van der Waals surface area contributed by atoms with Crippen molar-refractivity contribution in [3.8, 4) is 0 Å². The molecule has 4 unspecified atom stereocenters. The Bertz CT molecular complexity index is 393. The van der Waals surface area contributed by atoms with Gasteiger partial charge < -0.3 is 10.4 Å². The summed E-state index contributed by atoms with van der Waals surface area (Å²) < 4.78 is 0. The average molecular weight is 296 g/mol. The second-order valence-electron chi connectivity index (χ2n) is 7.02. The zero-order valence-electron chi connectivity index (χ0n) is 13.3. The number of hydrogen-bond donors (Lipinski definition) is 2. The lowest BCUT2D eigenvalue weighted by molar-refractivity contribution is -0.145. The van der Waals surface area contributed by atoms with Crippen LogP contribution in [0.1, 0.15) is 40.0 Å². The number of hydrogen-bond acceptors (Lipinski definition) is 3. The van der Waals surface area contributed by atoms with E-state index < -0.39 is 5.97 Å². The highest BCUT2D eigenvalue weighted by Crippen LogP contribution is 2.29. The van der Waals surface area contributed by atoms with Gasteiger partial charge in [0.25, 0.3) is 0 Å². The van der Waals surface area contributed by atoms with E-state index in [9.17, 15) is 9.59 Å². The van der Waals surface area contributed by atoms with Crippen LogP contribution < -0.4 is 5.32 Å². The fourth-order valence-electron chi connectivity index (χ4n) is 3.50. The molecule has 0 radical (unpaired) electrons. The molecule has 0 aromatic rings. The molecular formula is C16H28N2O3. The molecule has 1 heterocycles. The number of carbonyl (C=O) groups is 2. The van der Waals surface area contributed by atoms with Crippen LogP contribution in [0.3, 0.4) is 0 Å². The van der Waals surface area contributed by atoms with Crippen LogP contribution in [0.4, 0.5) is 0 Å². The largest absolute Gasteiger partial charge is 0.481 e. The molecule has 21 heavy (non-hydrogen) atoms. The highest BCUT2D eigenvalue weighted by molar-refractivity contribution is 5.78. The molecule has 1 aliphatic carbocycles. The van der Waals surface area contributed by atoms with Crippen LogP contribution in [-0.2, 0) is 9.59 Å². The summed E-state index contributed by atoms with van der Waals surface area (Å²) in [6.45, 7) is 8.07. The molecule has 5 nitrogen and oxygen atoms in total. The van der Waals surface area contributed by atoms with Crippen LogP contribution in [-0.4, -0.2) is 47.6 Å². The number of carbonyl (C=O) groups excluding carboxylic acids is 1. The second-order valence-corrected chi connectivity index (χ2v) is 7.02. The standard InChI is InChI=1S/C16H28N2O3/c1-10-5-4-6-14(11(10)2)17-15(19)9-18-7-13(8-18)12(3)16(20)21/h10-14H,4-9H2,1-3H3,(H,17,19)(H,20,21). The number of carboxylic acid groups (broad SMARTS) is 1. The molecule has 2 fully saturated rings. The number of carboxylic acids is 1. The third-order valence-corrected chi connectivity index (χ3v) is 5.50. The zero-order valence-corrected chi connectivity index (χ0v) is 13.3. The first-order valence-corrected chi connectivity index (χ1v) is 8.13. The highest BCUT2D eigenvalue weighted by Gasteiger charge is 2.36. The van der Waals surface area contributed by atoms with Gasteiger partial charge in [-0.1, -0.05) is 33.6 Å². The first-order valence-electron chi connectivity index (χ1n) is 8.13. The summed E-state index contributed by atoms with van der Waals surface area (Å²) in [7, 11) is 0.